The maximum Gasteiger partial charge on any atom is 0.326 e. The molecule has 1 aromatic carbocycles. The highest BCUT2D eigenvalue weighted by Crippen LogP contribution is 2.20. The highest BCUT2D eigenvalue weighted by atomic mass is 16.4. The summed E-state index contributed by atoms with van der Waals surface area (Å²) in [4.78, 5) is 73.8. The topological polar surface area (TPSA) is 222 Å². The fourth-order valence-corrected chi connectivity index (χ4v) is 4.08. The molecule has 4 amide bonds. The van der Waals surface area contributed by atoms with E-state index < -0.39 is 66.2 Å². The Balaban J connectivity index is 2.11. The summed E-state index contributed by atoms with van der Waals surface area (Å²) in [6.07, 6.45) is -0.223. The van der Waals surface area contributed by atoms with Crippen LogP contribution in [0.15, 0.2) is 30.3 Å². The maximum atomic E-state index is 13.3. The first kappa shape index (κ1) is 29.2. The second-order valence-electron chi connectivity index (χ2n) is 8.88. The van der Waals surface area contributed by atoms with Crippen LogP contribution in [0.4, 0.5) is 0 Å². The van der Waals surface area contributed by atoms with Gasteiger partial charge in [-0.2, -0.15) is 0 Å². The minimum atomic E-state index is -1.38. The standard InChI is InChI=1S/C24H33N5O8/c25-15(13-14-5-2-1-3-6-14)21(33)27-16(9-11-20(31)32)23(35)29-12-4-7-18(29)22(34)28-17(24(36)37)8-10-19(26)30/h1-3,5-6,15-18H,4,7-13,25H2,(H2,26,30)(H,27,33)(H,28,34)(H,31,32)(H,36,37). The minimum Gasteiger partial charge on any atom is -0.481 e. The SMILES string of the molecule is NC(=O)CCC(NC(=O)C1CCCN1C(=O)C(CCC(=O)O)NC(=O)C(N)Cc1ccccc1)C(=O)O. The molecular weight excluding hydrogens is 486 g/mol. The summed E-state index contributed by atoms with van der Waals surface area (Å²) < 4.78 is 0. The molecule has 1 saturated heterocycles. The lowest BCUT2D eigenvalue weighted by atomic mass is 10.0. The number of rotatable bonds is 14. The van der Waals surface area contributed by atoms with E-state index in [1.807, 2.05) is 6.07 Å². The molecule has 13 nitrogen and oxygen atoms in total. The number of carbonyl (C=O) groups is 6. The second kappa shape index (κ2) is 13.9. The molecule has 1 aromatic rings. The third kappa shape index (κ3) is 9.18. The molecule has 1 aliphatic rings. The Morgan fingerprint density at radius 1 is 0.973 bits per heavy atom. The summed E-state index contributed by atoms with van der Waals surface area (Å²) >= 11 is 0. The summed E-state index contributed by atoms with van der Waals surface area (Å²) in [6, 6.07) is 4.34. The Morgan fingerprint density at radius 2 is 1.62 bits per heavy atom. The van der Waals surface area contributed by atoms with Gasteiger partial charge in [-0.05, 0) is 37.7 Å². The molecule has 1 heterocycles. The molecule has 4 unspecified atom stereocenters. The summed E-state index contributed by atoms with van der Waals surface area (Å²) in [5, 5.41) is 23.3. The van der Waals surface area contributed by atoms with Crippen LogP contribution < -0.4 is 22.1 Å². The van der Waals surface area contributed by atoms with Gasteiger partial charge in [0.2, 0.25) is 23.6 Å². The molecular formula is C24H33N5O8. The van der Waals surface area contributed by atoms with Gasteiger partial charge in [-0.3, -0.25) is 24.0 Å². The van der Waals surface area contributed by atoms with Gasteiger partial charge in [0.05, 0.1) is 6.04 Å². The van der Waals surface area contributed by atoms with Crippen LogP contribution in [0.25, 0.3) is 0 Å². The zero-order valence-corrected chi connectivity index (χ0v) is 20.3. The fraction of sp³-hybridized carbons (Fsp3) is 0.500. The monoisotopic (exact) mass is 519 g/mol. The molecule has 1 aliphatic heterocycles. The van der Waals surface area contributed by atoms with E-state index in [-0.39, 0.29) is 38.6 Å². The molecule has 1 fully saturated rings. The number of likely N-dealkylation sites (tertiary alicyclic amines) is 1. The van der Waals surface area contributed by atoms with Gasteiger partial charge in [0, 0.05) is 19.4 Å². The van der Waals surface area contributed by atoms with Gasteiger partial charge in [-0.25, -0.2) is 4.79 Å². The predicted octanol–water partition coefficient (Wildman–Crippen LogP) is -1.27. The van der Waals surface area contributed by atoms with Gasteiger partial charge in [-0.1, -0.05) is 30.3 Å². The number of carboxylic acids is 2. The number of primary amides is 1. The Hall–Kier alpha value is -4.00. The van der Waals surface area contributed by atoms with Gasteiger partial charge in [0.1, 0.15) is 18.1 Å². The molecule has 13 heteroatoms. The van der Waals surface area contributed by atoms with Crippen LogP contribution in [-0.2, 0) is 35.2 Å². The molecule has 37 heavy (non-hydrogen) atoms. The van der Waals surface area contributed by atoms with Crippen LogP contribution in [0, 0.1) is 0 Å². The lowest BCUT2D eigenvalue weighted by molar-refractivity contribution is -0.145. The van der Waals surface area contributed by atoms with Crippen molar-refractivity contribution in [2.45, 2.75) is 69.1 Å². The van der Waals surface area contributed by atoms with Crippen molar-refractivity contribution < 1.29 is 39.0 Å². The Morgan fingerprint density at radius 3 is 2.22 bits per heavy atom. The fourth-order valence-electron chi connectivity index (χ4n) is 4.08. The lowest BCUT2D eigenvalue weighted by Gasteiger charge is -2.30. The van der Waals surface area contributed by atoms with E-state index in [4.69, 9.17) is 16.6 Å². The average molecular weight is 520 g/mol. The molecule has 202 valence electrons. The number of nitrogens with two attached hydrogens (primary N) is 2. The van der Waals surface area contributed by atoms with Gasteiger partial charge >= 0.3 is 11.9 Å². The van der Waals surface area contributed by atoms with Gasteiger partial charge in [0.25, 0.3) is 0 Å². The summed E-state index contributed by atoms with van der Waals surface area (Å²) in [5.74, 6) is -5.29. The third-order valence-electron chi connectivity index (χ3n) is 6.03. The van der Waals surface area contributed by atoms with Crippen LogP contribution in [0.5, 0.6) is 0 Å². The Labute approximate surface area is 213 Å². The number of amides is 4. The van der Waals surface area contributed by atoms with Gasteiger partial charge < -0.3 is 37.2 Å². The summed E-state index contributed by atoms with van der Waals surface area (Å²) in [7, 11) is 0. The number of carbonyl (C=O) groups excluding carboxylic acids is 4. The number of benzene rings is 1. The predicted molar refractivity (Wildman–Crippen MR) is 130 cm³/mol. The lowest BCUT2D eigenvalue weighted by Crippen LogP contribution is -2.57. The number of nitrogens with one attached hydrogen (secondary N) is 2. The zero-order chi connectivity index (χ0) is 27.5. The van der Waals surface area contributed by atoms with Crippen LogP contribution >= 0.6 is 0 Å². The van der Waals surface area contributed by atoms with E-state index in [0.29, 0.717) is 6.42 Å². The van der Waals surface area contributed by atoms with Crippen molar-refractivity contribution in [3.8, 4) is 0 Å². The van der Waals surface area contributed by atoms with Crippen LogP contribution in [-0.4, -0.2) is 81.4 Å². The van der Waals surface area contributed by atoms with E-state index in [0.717, 1.165) is 5.56 Å². The van der Waals surface area contributed by atoms with Crippen LogP contribution in [0.2, 0.25) is 0 Å². The van der Waals surface area contributed by atoms with Crippen molar-refractivity contribution in [1.82, 2.24) is 15.5 Å². The van der Waals surface area contributed by atoms with E-state index in [1.54, 1.807) is 24.3 Å². The number of aliphatic carboxylic acids is 2. The van der Waals surface area contributed by atoms with Crippen molar-refractivity contribution in [2.24, 2.45) is 11.5 Å². The molecule has 0 saturated carbocycles. The highest BCUT2D eigenvalue weighted by molar-refractivity contribution is 5.94. The number of nitrogens with zero attached hydrogens (tertiary/aromatic N) is 1. The zero-order valence-electron chi connectivity index (χ0n) is 20.3. The Bertz CT molecular complexity index is 1000. The maximum absolute atomic E-state index is 13.3. The van der Waals surface area contributed by atoms with Crippen LogP contribution in [0.1, 0.15) is 44.1 Å². The van der Waals surface area contributed by atoms with E-state index in [2.05, 4.69) is 10.6 Å². The average Bonchev–Trinajstić information content (AvgIpc) is 3.34. The van der Waals surface area contributed by atoms with Crippen molar-refractivity contribution in [3.63, 3.8) is 0 Å². The van der Waals surface area contributed by atoms with Crippen LogP contribution in [0.3, 0.4) is 0 Å². The number of hydrogen-bond donors (Lipinski definition) is 6. The van der Waals surface area contributed by atoms with Crippen molar-refractivity contribution in [3.05, 3.63) is 35.9 Å². The molecule has 8 N–H and O–H groups in total. The molecule has 0 bridgehead atoms. The number of hydrogen-bond acceptors (Lipinski definition) is 7. The molecule has 0 aromatic heterocycles. The first-order chi connectivity index (χ1) is 17.5. The second-order valence-corrected chi connectivity index (χ2v) is 8.88. The normalized spacial score (nSPS) is 17.3. The van der Waals surface area contributed by atoms with Gasteiger partial charge in [-0.15, -0.1) is 0 Å². The van der Waals surface area contributed by atoms with E-state index in [9.17, 15) is 33.9 Å². The quantitative estimate of drug-likeness (QED) is 0.172. The van der Waals surface area contributed by atoms with Gasteiger partial charge in [0.15, 0.2) is 0 Å². The smallest absolute Gasteiger partial charge is 0.326 e. The summed E-state index contributed by atoms with van der Waals surface area (Å²) in [6.45, 7) is 0.158. The summed E-state index contributed by atoms with van der Waals surface area (Å²) in [5.41, 5.74) is 11.9. The largest absolute Gasteiger partial charge is 0.481 e. The first-order valence-electron chi connectivity index (χ1n) is 11.9. The van der Waals surface area contributed by atoms with Crippen molar-refractivity contribution in [2.75, 3.05) is 6.54 Å². The van der Waals surface area contributed by atoms with Crippen molar-refractivity contribution >= 4 is 35.6 Å². The highest BCUT2D eigenvalue weighted by Gasteiger charge is 2.39. The molecule has 0 spiro atoms. The minimum absolute atomic E-state index is 0.158. The molecule has 2 rings (SSSR count). The number of carboxylic acid groups (broad SMARTS) is 2. The molecule has 4 atom stereocenters. The Kier molecular flexibility index (Phi) is 11.0. The third-order valence-corrected chi connectivity index (χ3v) is 6.03. The van der Waals surface area contributed by atoms with E-state index >= 15 is 0 Å². The molecule has 0 radical (unpaired) electrons. The van der Waals surface area contributed by atoms with E-state index in [1.165, 1.54) is 4.90 Å². The first-order valence-corrected chi connectivity index (χ1v) is 11.9. The van der Waals surface area contributed by atoms with Crippen molar-refractivity contribution in [1.29, 1.82) is 0 Å². The molecule has 0 aliphatic carbocycles.